The molecule has 0 unspecified atom stereocenters. The summed E-state index contributed by atoms with van der Waals surface area (Å²) in [7, 11) is -3.54. The second-order valence-electron chi connectivity index (χ2n) is 4.12. The summed E-state index contributed by atoms with van der Waals surface area (Å²) in [5.41, 5.74) is 2.72. The highest BCUT2D eigenvalue weighted by atomic mass is 32.2. The summed E-state index contributed by atoms with van der Waals surface area (Å²) in [5, 5.41) is 0. The number of aromatic nitrogens is 1. The molecule has 1 heterocycles. The largest absolute Gasteiger partial charge is 0.323 e. The fraction of sp³-hybridized carbons (Fsp3) is 0.500. The van der Waals surface area contributed by atoms with Crippen molar-refractivity contribution in [2.45, 2.75) is 36.6 Å². The molecular weight excluding hydrogens is 240 g/mol. The van der Waals surface area contributed by atoms with Gasteiger partial charge >= 0.3 is 0 Å². The van der Waals surface area contributed by atoms with Crippen LogP contribution in [-0.4, -0.2) is 19.4 Å². The molecule has 0 aromatic carbocycles. The van der Waals surface area contributed by atoms with E-state index in [2.05, 4.69) is 15.1 Å². The lowest BCUT2D eigenvalue weighted by Gasteiger charge is -2.14. The van der Waals surface area contributed by atoms with Gasteiger partial charge in [0.15, 0.2) is 0 Å². The zero-order valence-corrected chi connectivity index (χ0v) is 10.2. The van der Waals surface area contributed by atoms with Gasteiger partial charge in [0.1, 0.15) is 4.90 Å². The maximum Gasteiger partial charge on any atom is 0.244 e. The monoisotopic (exact) mass is 256 g/mol. The van der Waals surface area contributed by atoms with Gasteiger partial charge in [0.2, 0.25) is 10.0 Å². The minimum absolute atomic E-state index is 0.0332. The molecule has 17 heavy (non-hydrogen) atoms. The predicted molar refractivity (Wildman–Crippen MR) is 64.6 cm³/mol. The summed E-state index contributed by atoms with van der Waals surface area (Å²) in [6, 6.07) is 1.56. The Kier molecular flexibility index (Phi) is 3.60. The highest BCUT2D eigenvalue weighted by molar-refractivity contribution is 7.89. The summed E-state index contributed by atoms with van der Waals surface area (Å²) in [6.07, 6.45) is 6.72. The first-order chi connectivity index (χ1) is 8.13. The summed E-state index contributed by atoms with van der Waals surface area (Å²) < 4.78 is 26.9. The van der Waals surface area contributed by atoms with Crippen LogP contribution in [0, 0.1) is 0 Å². The number of nitrogens with zero attached hydrogens (tertiary/aromatic N) is 1. The van der Waals surface area contributed by atoms with Gasteiger partial charge in [0.05, 0.1) is 5.69 Å². The first-order valence-electron chi connectivity index (χ1n) is 5.56. The second-order valence-corrected chi connectivity index (χ2v) is 5.80. The lowest BCUT2D eigenvalue weighted by molar-refractivity contribution is 0.552. The van der Waals surface area contributed by atoms with Crippen LogP contribution in [0.15, 0.2) is 23.4 Å². The van der Waals surface area contributed by atoms with Crippen LogP contribution in [0.2, 0.25) is 0 Å². The Morgan fingerprint density at radius 1 is 1.35 bits per heavy atom. The minimum Gasteiger partial charge on any atom is -0.323 e. The van der Waals surface area contributed by atoms with E-state index in [1.807, 2.05) is 0 Å². The van der Waals surface area contributed by atoms with E-state index in [-0.39, 0.29) is 10.9 Å². The molecule has 6 nitrogen and oxygen atoms in total. The number of rotatable bonds is 4. The van der Waals surface area contributed by atoms with Gasteiger partial charge in [-0.1, -0.05) is 12.8 Å². The van der Waals surface area contributed by atoms with Crippen molar-refractivity contribution >= 4 is 15.7 Å². The topological polar surface area (TPSA) is 97.1 Å². The number of hydrazine groups is 1. The van der Waals surface area contributed by atoms with Crippen LogP contribution in [-0.2, 0) is 10.0 Å². The second kappa shape index (κ2) is 4.99. The third-order valence-electron chi connectivity index (χ3n) is 2.91. The highest BCUT2D eigenvalue weighted by Crippen LogP contribution is 2.23. The molecule has 0 saturated heterocycles. The Labute approximate surface area is 101 Å². The van der Waals surface area contributed by atoms with Crippen LogP contribution in [0.25, 0.3) is 0 Å². The number of nitrogens with two attached hydrogens (primary N) is 1. The van der Waals surface area contributed by atoms with Gasteiger partial charge in [-0.05, 0) is 18.9 Å². The molecule has 1 aromatic rings. The number of anilines is 1. The molecule has 0 amide bonds. The number of nitrogens with one attached hydrogen (secondary N) is 2. The molecule has 1 fully saturated rings. The molecule has 1 aromatic heterocycles. The maximum absolute atomic E-state index is 12.1. The van der Waals surface area contributed by atoms with E-state index in [9.17, 15) is 8.42 Å². The van der Waals surface area contributed by atoms with Crippen molar-refractivity contribution in [3.05, 3.63) is 18.5 Å². The molecule has 0 radical (unpaired) electrons. The molecule has 1 aliphatic rings. The zero-order chi connectivity index (χ0) is 12.3. The third kappa shape index (κ3) is 2.74. The van der Waals surface area contributed by atoms with E-state index < -0.39 is 10.0 Å². The summed E-state index contributed by atoms with van der Waals surface area (Å²) in [4.78, 5) is 3.91. The van der Waals surface area contributed by atoms with Gasteiger partial charge in [-0.25, -0.2) is 13.1 Å². The van der Waals surface area contributed by atoms with Gasteiger partial charge < -0.3 is 5.43 Å². The molecule has 7 heteroatoms. The average molecular weight is 256 g/mol. The van der Waals surface area contributed by atoms with Crippen molar-refractivity contribution < 1.29 is 8.42 Å². The van der Waals surface area contributed by atoms with Crippen LogP contribution in [0.5, 0.6) is 0 Å². The quantitative estimate of drug-likeness (QED) is 0.541. The Morgan fingerprint density at radius 2 is 2.06 bits per heavy atom. The van der Waals surface area contributed by atoms with Gasteiger partial charge in [-0.15, -0.1) is 0 Å². The molecule has 1 aliphatic carbocycles. The predicted octanol–water partition coefficient (Wildman–Crippen LogP) is 0.588. The van der Waals surface area contributed by atoms with Crippen molar-refractivity contribution in [1.82, 2.24) is 9.71 Å². The fourth-order valence-corrected chi connectivity index (χ4v) is 3.46. The van der Waals surface area contributed by atoms with Gasteiger partial charge in [-0.2, -0.15) is 0 Å². The number of hydrogen-bond donors (Lipinski definition) is 3. The molecule has 0 atom stereocenters. The van der Waals surface area contributed by atoms with Gasteiger partial charge in [0, 0.05) is 18.4 Å². The lowest BCUT2D eigenvalue weighted by atomic mass is 10.3. The van der Waals surface area contributed by atoms with Crippen LogP contribution in [0.4, 0.5) is 5.69 Å². The highest BCUT2D eigenvalue weighted by Gasteiger charge is 2.24. The average Bonchev–Trinajstić information content (AvgIpc) is 2.81. The minimum atomic E-state index is -3.54. The number of sulfonamides is 1. The summed E-state index contributed by atoms with van der Waals surface area (Å²) in [6.45, 7) is 0. The van der Waals surface area contributed by atoms with Crippen molar-refractivity contribution in [1.29, 1.82) is 0 Å². The molecule has 0 spiro atoms. The van der Waals surface area contributed by atoms with E-state index in [0.717, 1.165) is 25.7 Å². The summed E-state index contributed by atoms with van der Waals surface area (Å²) >= 11 is 0. The van der Waals surface area contributed by atoms with E-state index >= 15 is 0 Å². The standard InChI is InChI=1S/C10H16N4O2S/c11-13-9-5-6-12-7-10(9)17(15,16)14-8-3-1-2-4-8/h5-8,14H,1-4,11H2,(H,12,13). The van der Waals surface area contributed by atoms with Crippen molar-refractivity contribution in [3.63, 3.8) is 0 Å². The zero-order valence-electron chi connectivity index (χ0n) is 9.39. The van der Waals surface area contributed by atoms with E-state index in [4.69, 9.17) is 5.84 Å². The van der Waals surface area contributed by atoms with Crippen LogP contribution < -0.4 is 16.0 Å². The SMILES string of the molecule is NNc1ccncc1S(=O)(=O)NC1CCCC1. The van der Waals surface area contributed by atoms with E-state index in [0.29, 0.717) is 5.69 Å². The Bertz CT molecular complexity index is 483. The first kappa shape index (κ1) is 12.3. The molecule has 0 bridgehead atoms. The normalized spacial score (nSPS) is 17.2. The van der Waals surface area contributed by atoms with Crippen molar-refractivity contribution in [2.24, 2.45) is 5.84 Å². The van der Waals surface area contributed by atoms with Crippen LogP contribution >= 0.6 is 0 Å². The number of hydrogen-bond acceptors (Lipinski definition) is 5. The smallest absolute Gasteiger partial charge is 0.244 e. The molecule has 0 aliphatic heterocycles. The van der Waals surface area contributed by atoms with Crippen LogP contribution in [0.3, 0.4) is 0 Å². The molecule has 2 rings (SSSR count). The van der Waals surface area contributed by atoms with E-state index in [1.165, 1.54) is 18.5 Å². The van der Waals surface area contributed by atoms with Gasteiger partial charge in [0.25, 0.3) is 0 Å². The number of nitrogen functional groups attached to an aromatic ring is 1. The fourth-order valence-electron chi connectivity index (χ4n) is 2.04. The van der Waals surface area contributed by atoms with Crippen molar-refractivity contribution in [2.75, 3.05) is 5.43 Å². The van der Waals surface area contributed by atoms with E-state index in [1.54, 1.807) is 0 Å². The molecule has 94 valence electrons. The maximum atomic E-state index is 12.1. The lowest BCUT2D eigenvalue weighted by Crippen LogP contribution is -2.33. The Hall–Kier alpha value is -1.18. The van der Waals surface area contributed by atoms with Crippen LogP contribution in [0.1, 0.15) is 25.7 Å². The number of pyridine rings is 1. The first-order valence-corrected chi connectivity index (χ1v) is 7.05. The molecular formula is C10H16N4O2S. The molecule has 4 N–H and O–H groups in total. The van der Waals surface area contributed by atoms with Gasteiger partial charge in [-0.3, -0.25) is 10.8 Å². The summed E-state index contributed by atoms with van der Waals surface area (Å²) in [5.74, 6) is 5.29. The molecule has 1 saturated carbocycles. The van der Waals surface area contributed by atoms with Crippen molar-refractivity contribution in [3.8, 4) is 0 Å². The Balaban J connectivity index is 2.24. The Morgan fingerprint density at radius 3 is 2.71 bits per heavy atom. The third-order valence-corrected chi connectivity index (χ3v) is 4.45.